The van der Waals surface area contributed by atoms with Gasteiger partial charge in [-0.3, -0.25) is 13.9 Å². The van der Waals surface area contributed by atoms with Crippen molar-refractivity contribution < 1.29 is 13.2 Å². The molecule has 1 N–H and O–H groups in total. The molecular weight excluding hydrogens is 428 g/mol. The summed E-state index contributed by atoms with van der Waals surface area (Å²) in [5.74, 6) is 0.229. The third-order valence-corrected chi connectivity index (χ3v) is 7.01. The van der Waals surface area contributed by atoms with Gasteiger partial charge in [0.05, 0.1) is 27.1 Å². The van der Waals surface area contributed by atoms with Crippen LogP contribution < -0.4 is 5.32 Å². The Morgan fingerprint density at radius 3 is 2.69 bits per heavy atom. The van der Waals surface area contributed by atoms with Gasteiger partial charge in [0.2, 0.25) is 15.6 Å². The maximum atomic E-state index is 13.2. The molecule has 0 aliphatic heterocycles. The van der Waals surface area contributed by atoms with Crippen LogP contribution in [0.3, 0.4) is 0 Å². The van der Waals surface area contributed by atoms with E-state index in [0.717, 1.165) is 10.9 Å². The maximum absolute atomic E-state index is 13.2. The minimum atomic E-state index is -3.73. The van der Waals surface area contributed by atoms with Crippen LogP contribution >= 0.6 is 0 Å². The molecule has 0 saturated heterocycles. The van der Waals surface area contributed by atoms with E-state index in [1.54, 1.807) is 77.3 Å². The molecule has 3 heterocycles. The zero-order valence-electron chi connectivity index (χ0n) is 17.0. The number of benzene rings is 2. The van der Waals surface area contributed by atoms with Gasteiger partial charge in [0.1, 0.15) is 0 Å². The lowest BCUT2D eigenvalue weighted by Crippen LogP contribution is -2.23. The van der Waals surface area contributed by atoms with Gasteiger partial charge in [0, 0.05) is 43.8 Å². The average molecular weight is 446 g/mol. The summed E-state index contributed by atoms with van der Waals surface area (Å²) in [4.78, 5) is 21.0. The summed E-state index contributed by atoms with van der Waals surface area (Å²) in [5.41, 5.74) is 1.74. The number of hydrogen-bond donors (Lipinski definition) is 1. The highest BCUT2D eigenvalue weighted by atomic mass is 32.2. The van der Waals surface area contributed by atoms with Gasteiger partial charge >= 0.3 is 0 Å². The van der Waals surface area contributed by atoms with E-state index in [4.69, 9.17) is 0 Å². The molecule has 0 unspecified atom stereocenters. The Labute approximate surface area is 183 Å². The minimum absolute atomic E-state index is 0.177. The molecule has 0 atom stereocenters. The first-order valence-electron chi connectivity index (χ1n) is 9.75. The number of amides is 1. The van der Waals surface area contributed by atoms with Crippen molar-refractivity contribution in [3.8, 4) is 0 Å². The highest BCUT2D eigenvalue weighted by Gasteiger charge is 2.22. The number of carbonyl (C=O) groups is 1. The van der Waals surface area contributed by atoms with E-state index in [1.807, 2.05) is 6.07 Å². The quantitative estimate of drug-likeness (QED) is 0.444. The molecule has 0 bridgehead atoms. The summed E-state index contributed by atoms with van der Waals surface area (Å²) < 4.78 is 29.7. The summed E-state index contributed by atoms with van der Waals surface area (Å²) >= 11 is 0. The van der Waals surface area contributed by atoms with Crippen LogP contribution in [0.1, 0.15) is 15.9 Å². The minimum Gasteiger partial charge on any atom is -0.348 e. The van der Waals surface area contributed by atoms with Crippen molar-refractivity contribution >= 4 is 32.4 Å². The second-order valence-electron chi connectivity index (χ2n) is 7.27. The van der Waals surface area contributed by atoms with Crippen molar-refractivity contribution in [2.75, 3.05) is 0 Å². The fourth-order valence-electron chi connectivity index (χ4n) is 3.54. The van der Waals surface area contributed by atoms with Gasteiger partial charge in [0.15, 0.2) is 0 Å². The fourth-order valence-corrected chi connectivity index (χ4v) is 5.06. The third-order valence-electron chi connectivity index (χ3n) is 5.21. The normalized spacial score (nSPS) is 11.8. The number of carbonyl (C=O) groups excluding carboxylic acids is 1. The number of fused-ring (bicyclic) bond motifs is 2. The second-order valence-corrected chi connectivity index (χ2v) is 9.19. The van der Waals surface area contributed by atoms with E-state index in [-0.39, 0.29) is 22.2 Å². The number of imidazole rings is 1. The number of para-hydroxylation sites is 1. The van der Waals surface area contributed by atoms with Gasteiger partial charge in [-0.15, -0.1) is 0 Å². The van der Waals surface area contributed by atoms with Crippen LogP contribution in [0.15, 0.2) is 83.2 Å². The van der Waals surface area contributed by atoms with Crippen molar-refractivity contribution in [1.82, 2.24) is 29.5 Å². The summed E-state index contributed by atoms with van der Waals surface area (Å²) in [7, 11) is -2.01. The summed E-state index contributed by atoms with van der Waals surface area (Å²) in [6, 6.07) is 11.6. The summed E-state index contributed by atoms with van der Waals surface area (Å²) in [6.07, 6.45) is 8.07. The molecule has 0 aliphatic rings. The molecule has 3 aromatic heterocycles. The first-order chi connectivity index (χ1) is 15.4. The molecule has 0 fully saturated rings. The second kappa shape index (κ2) is 7.57. The number of sulfone groups is 1. The zero-order chi connectivity index (χ0) is 22.3. The van der Waals surface area contributed by atoms with E-state index in [2.05, 4.69) is 20.4 Å². The monoisotopic (exact) mass is 446 g/mol. The largest absolute Gasteiger partial charge is 0.348 e. The van der Waals surface area contributed by atoms with Crippen molar-refractivity contribution in [2.24, 2.45) is 7.05 Å². The summed E-state index contributed by atoms with van der Waals surface area (Å²) in [6.45, 7) is 0.248. The van der Waals surface area contributed by atoms with Gasteiger partial charge in [-0.25, -0.2) is 18.4 Å². The highest BCUT2D eigenvalue weighted by Crippen LogP contribution is 2.28. The van der Waals surface area contributed by atoms with Crippen LogP contribution in [0, 0.1) is 0 Å². The Morgan fingerprint density at radius 2 is 1.88 bits per heavy atom. The molecule has 1 amide bonds. The van der Waals surface area contributed by atoms with Crippen LogP contribution in [0.5, 0.6) is 0 Å². The number of hydrogen-bond acceptors (Lipinski definition) is 6. The Morgan fingerprint density at radius 1 is 1.06 bits per heavy atom. The van der Waals surface area contributed by atoms with Crippen molar-refractivity contribution in [3.63, 3.8) is 0 Å². The molecule has 5 aromatic rings. The predicted molar refractivity (Wildman–Crippen MR) is 117 cm³/mol. The number of aromatic nitrogens is 5. The van der Waals surface area contributed by atoms with Gasteiger partial charge in [-0.1, -0.05) is 24.3 Å². The lowest BCUT2D eigenvalue weighted by molar-refractivity contribution is 0.0950. The van der Waals surface area contributed by atoms with E-state index < -0.39 is 9.84 Å². The maximum Gasteiger partial charge on any atom is 0.254 e. The van der Waals surface area contributed by atoms with Gasteiger partial charge in [-0.2, -0.15) is 5.10 Å². The van der Waals surface area contributed by atoms with Crippen LogP contribution in [-0.2, 0) is 23.4 Å². The molecule has 5 rings (SSSR count). The number of aryl methyl sites for hydroxylation is 1. The molecule has 0 aliphatic carbocycles. The molecule has 160 valence electrons. The Hall–Kier alpha value is -4.05. The molecule has 32 heavy (non-hydrogen) atoms. The van der Waals surface area contributed by atoms with E-state index >= 15 is 0 Å². The molecule has 2 aromatic carbocycles. The Bertz CT molecular complexity index is 1570. The van der Waals surface area contributed by atoms with E-state index in [0.29, 0.717) is 16.9 Å². The van der Waals surface area contributed by atoms with E-state index in [1.165, 1.54) is 6.20 Å². The fraction of sp³-hybridized carbons (Fsp3) is 0.0909. The zero-order valence-corrected chi connectivity index (χ0v) is 17.8. The van der Waals surface area contributed by atoms with Crippen molar-refractivity contribution in [1.29, 1.82) is 0 Å². The molecular formula is C22H18N6O3S. The first kappa shape index (κ1) is 19.9. The Balaban J connectivity index is 1.34. The molecule has 0 spiro atoms. The van der Waals surface area contributed by atoms with Crippen molar-refractivity contribution in [2.45, 2.75) is 16.3 Å². The lowest BCUT2D eigenvalue weighted by Gasteiger charge is -2.09. The number of rotatable bonds is 5. The molecule has 10 heteroatoms. The Kier molecular flexibility index (Phi) is 4.71. The van der Waals surface area contributed by atoms with Crippen LogP contribution in [0.25, 0.3) is 16.7 Å². The number of nitrogens with one attached hydrogen (secondary N) is 1. The molecule has 0 radical (unpaired) electrons. The topological polar surface area (TPSA) is 111 Å². The van der Waals surface area contributed by atoms with Gasteiger partial charge in [-0.05, 0) is 23.8 Å². The first-order valence-corrected chi connectivity index (χ1v) is 11.2. The SMILES string of the molecule is Cn1ncc2cccc(S(=O)(=O)c3ccc(CNC(=O)c4cnc5nccn5c4)cc3)c21. The predicted octanol–water partition coefficient (Wildman–Crippen LogP) is 2.38. The molecule has 9 nitrogen and oxygen atoms in total. The van der Waals surface area contributed by atoms with Crippen molar-refractivity contribution in [3.05, 3.63) is 84.6 Å². The average Bonchev–Trinajstić information content (AvgIpc) is 3.43. The number of nitrogens with zero attached hydrogens (tertiary/aromatic N) is 5. The standard InChI is InChI=1S/C22H18N6O3S/c1-27-20-16(13-26-27)3-2-4-19(20)32(30,31)18-7-5-15(6-8-18)11-24-21(29)17-12-25-22-23-9-10-28(22)14-17/h2-10,12-14H,11H2,1H3,(H,24,29). The third kappa shape index (κ3) is 3.40. The molecule has 0 saturated carbocycles. The van der Waals surface area contributed by atoms with Crippen LogP contribution in [-0.4, -0.2) is 38.5 Å². The smallest absolute Gasteiger partial charge is 0.254 e. The van der Waals surface area contributed by atoms with Crippen LogP contribution in [0.2, 0.25) is 0 Å². The lowest BCUT2D eigenvalue weighted by atomic mass is 10.2. The van der Waals surface area contributed by atoms with Crippen LogP contribution in [0.4, 0.5) is 0 Å². The van der Waals surface area contributed by atoms with Gasteiger partial charge < -0.3 is 5.32 Å². The van der Waals surface area contributed by atoms with Gasteiger partial charge in [0.25, 0.3) is 5.91 Å². The van der Waals surface area contributed by atoms with E-state index in [9.17, 15) is 13.2 Å². The summed E-state index contributed by atoms with van der Waals surface area (Å²) in [5, 5.41) is 7.74. The highest BCUT2D eigenvalue weighted by molar-refractivity contribution is 7.91.